The number of methoxy groups -OCH3 is 1. The van der Waals surface area contributed by atoms with Gasteiger partial charge in [-0.3, -0.25) is 0 Å². The van der Waals surface area contributed by atoms with Crippen molar-refractivity contribution in [1.82, 2.24) is 4.90 Å². The molecule has 0 aliphatic heterocycles. The van der Waals surface area contributed by atoms with Crippen LogP contribution in [0.25, 0.3) is 0 Å². The monoisotopic (exact) mass is 285 g/mol. The molecule has 1 amide bonds. The predicted octanol–water partition coefficient (Wildman–Crippen LogP) is 3.37. The lowest BCUT2D eigenvalue weighted by atomic mass is 10.1. The Morgan fingerprint density at radius 3 is 2.29 bits per heavy atom. The highest BCUT2D eigenvalue weighted by atomic mass is 16.6. The van der Waals surface area contributed by atoms with E-state index in [1.165, 1.54) is 0 Å². The molecule has 0 saturated carbocycles. The Morgan fingerprint density at radius 1 is 1.00 bits per heavy atom. The van der Waals surface area contributed by atoms with E-state index >= 15 is 0 Å². The van der Waals surface area contributed by atoms with Crippen LogP contribution in [0, 0.1) is 0 Å². The van der Waals surface area contributed by atoms with Crippen LogP contribution in [0.1, 0.15) is 5.56 Å². The second-order valence-corrected chi connectivity index (χ2v) is 4.70. The first-order chi connectivity index (χ1) is 10.2. The molecular formula is C17H19NO3. The van der Waals surface area contributed by atoms with Gasteiger partial charge in [-0.05, 0) is 36.2 Å². The van der Waals surface area contributed by atoms with Crippen LogP contribution in [0.15, 0.2) is 54.6 Å². The number of likely N-dealkylation sites (N-methyl/N-ethyl adjacent to an activating group) is 1. The summed E-state index contributed by atoms with van der Waals surface area (Å²) in [5.74, 6) is 1.38. The van der Waals surface area contributed by atoms with Gasteiger partial charge in [0.25, 0.3) is 0 Å². The van der Waals surface area contributed by atoms with Gasteiger partial charge in [0.05, 0.1) is 7.11 Å². The maximum Gasteiger partial charge on any atom is 0.414 e. The maximum absolute atomic E-state index is 11.9. The Kier molecular flexibility index (Phi) is 5.21. The zero-order chi connectivity index (χ0) is 15.1. The molecule has 0 aromatic heterocycles. The number of hydrogen-bond acceptors (Lipinski definition) is 3. The summed E-state index contributed by atoms with van der Waals surface area (Å²) in [4.78, 5) is 13.5. The van der Waals surface area contributed by atoms with E-state index in [1.54, 1.807) is 31.2 Å². The molecule has 0 fully saturated rings. The van der Waals surface area contributed by atoms with Crippen LogP contribution in [0.3, 0.4) is 0 Å². The lowest BCUT2D eigenvalue weighted by Crippen LogP contribution is -2.31. The third kappa shape index (κ3) is 4.53. The van der Waals surface area contributed by atoms with Crippen molar-refractivity contribution < 1.29 is 14.3 Å². The molecule has 0 unspecified atom stereocenters. The minimum absolute atomic E-state index is 0.352. The van der Waals surface area contributed by atoms with E-state index in [-0.39, 0.29) is 6.09 Å². The first-order valence-corrected chi connectivity index (χ1v) is 6.80. The van der Waals surface area contributed by atoms with Gasteiger partial charge in [-0.15, -0.1) is 0 Å². The number of carbonyl (C=O) groups is 1. The molecular weight excluding hydrogens is 266 g/mol. The highest BCUT2D eigenvalue weighted by Gasteiger charge is 2.10. The first kappa shape index (κ1) is 14.9. The first-order valence-electron chi connectivity index (χ1n) is 6.80. The number of para-hydroxylation sites is 1. The highest BCUT2D eigenvalue weighted by Crippen LogP contribution is 2.13. The average molecular weight is 285 g/mol. The Labute approximate surface area is 124 Å². The molecule has 2 rings (SSSR count). The average Bonchev–Trinajstić information content (AvgIpc) is 2.54. The van der Waals surface area contributed by atoms with Crippen LogP contribution in [0.5, 0.6) is 11.5 Å². The number of hydrogen-bond donors (Lipinski definition) is 0. The van der Waals surface area contributed by atoms with E-state index in [2.05, 4.69) is 0 Å². The maximum atomic E-state index is 11.9. The van der Waals surface area contributed by atoms with E-state index in [0.29, 0.717) is 12.3 Å². The third-order valence-electron chi connectivity index (χ3n) is 3.15. The quantitative estimate of drug-likeness (QED) is 0.845. The Hall–Kier alpha value is -2.49. The molecule has 2 aromatic rings. The zero-order valence-corrected chi connectivity index (χ0v) is 12.3. The lowest BCUT2D eigenvalue weighted by molar-refractivity contribution is 0.163. The minimum Gasteiger partial charge on any atom is -0.497 e. The number of benzene rings is 2. The van der Waals surface area contributed by atoms with Crippen molar-refractivity contribution in [3.8, 4) is 11.5 Å². The van der Waals surface area contributed by atoms with E-state index in [1.807, 2.05) is 42.5 Å². The van der Waals surface area contributed by atoms with Crippen molar-refractivity contribution in [3.63, 3.8) is 0 Å². The topological polar surface area (TPSA) is 38.8 Å². The van der Waals surface area contributed by atoms with Gasteiger partial charge in [0.15, 0.2) is 0 Å². The summed E-state index contributed by atoms with van der Waals surface area (Å²) in [6, 6.07) is 16.9. The van der Waals surface area contributed by atoms with E-state index < -0.39 is 0 Å². The molecule has 0 aliphatic rings. The molecule has 4 nitrogen and oxygen atoms in total. The Balaban J connectivity index is 1.83. The van der Waals surface area contributed by atoms with Gasteiger partial charge in [0.2, 0.25) is 0 Å². The molecule has 0 radical (unpaired) electrons. The fraction of sp³-hybridized carbons (Fsp3) is 0.235. The standard InChI is InChI=1S/C17H19NO3/c1-18(17(19)21-16-6-4-3-5-7-16)13-12-14-8-10-15(20-2)11-9-14/h3-11H,12-13H2,1-2H3. The largest absolute Gasteiger partial charge is 0.497 e. The molecule has 0 atom stereocenters. The van der Waals surface area contributed by atoms with Gasteiger partial charge < -0.3 is 14.4 Å². The summed E-state index contributed by atoms with van der Waals surface area (Å²) in [7, 11) is 3.37. The molecule has 110 valence electrons. The molecule has 0 aliphatic carbocycles. The molecule has 4 heteroatoms. The fourth-order valence-electron chi connectivity index (χ4n) is 1.85. The van der Waals surface area contributed by atoms with Crippen molar-refractivity contribution in [2.45, 2.75) is 6.42 Å². The van der Waals surface area contributed by atoms with Crippen molar-refractivity contribution >= 4 is 6.09 Å². The van der Waals surface area contributed by atoms with Crippen LogP contribution >= 0.6 is 0 Å². The fourth-order valence-corrected chi connectivity index (χ4v) is 1.85. The number of rotatable bonds is 5. The summed E-state index contributed by atoms with van der Waals surface area (Å²) in [5, 5.41) is 0. The van der Waals surface area contributed by atoms with Gasteiger partial charge in [-0.25, -0.2) is 4.79 Å². The van der Waals surface area contributed by atoms with E-state index in [0.717, 1.165) is 17.7 Å². The van der Waals surface area contributed by atoms with Crippen molar-refractivity contribution in [2.24, 2.45) is 0 Å². The lowest BCUT2D eigenvalue weighted by Gasteiger charge is -2.16. The summed E-state index contributed by atoms with van der Waals surface area (Å²) < 4.78 is 10.4. The van der Waals surface area contributed by atoms with Crippen LogP contribution in [0.2, 0.25) is 0 Å². The van der Waals surface area contributed by atoms with Gasteiger partial charge in [0.1, 0.15) is 11.5 Å². The SMILES string of the molecule is COc1ccc(CCN(C)C(=O)Oc2ccccc2)cc1. The van der Waals surface area contributed by atoms with Crippen molar-refractivity contribution in [2.75, 3.05) is 20.7 Å². The second-order valence-electron chi connectivity index (χ2n) is 4.70. The van der Waals surface area contributed by atoms with E-state index in [4.69, 9.17) is 9.47 Å². The van der Waals surface area contributed by atoms with Crippen LogP contribution < -0.4 is 9.47 Å². The number of nitrogens with zero attached hydrogens (tertiary/aromatic N) is 1. The normalized spacial score (nSPS) is 10.0. The molecule has 0 saturated heterocycles. The predicted molar refractivity (Wildman–Crippen MR) is 81.8 cm³/mol. The van der Waals surface area contributed by atoms with Crippen LogP contribution in [-0.4, -0.2) is 31.7 Å². The van der Waals surface area contributed by atoms with Crippen molar-refractivity contribution in [3.05, 3.63) is 60.2 Å². The number of ether oxygens (including phenoxy) is 2. The van der Waals surface area contributed by atoms with E-state index in [9.17, 15) is 4.79 Å². The van der Waals surface area contributed by atoms with Gasteiger partial charge in [0, 0.05) is 13.6 Å². The Morgan fingerprint density at radius 2 is 1.67 bits per heavy atom. The summed E-state index contributed by atoms with van der Waals surface area (Å²) in [6.07, 6.45) is 0.416. The zero-order valence-electron chi connectivity index (χ0n) is 12.3. The van der Waals surface area contributed by atoms with Crippen LogP contribution in [-0.2, 0) is 6.42 Å². The molecule has 0 spiro atoms. The van der Waals surface area contributed by atoms with Gasteiger partial charge in [-0.2, -0.15) is 0 Å². The summed E-state index contributed by atoms with van der Waals surface area (Å²) in [5.41, 5.74) is 1.15. The smallest absolute Gasteiger partial charge is 0.414 e. The minimum atomic E-state index is -0.352. The molecule has 0 bridgehead atoms. The Bertz CT molecular complexity index is 566. The molecule has 0 heterocycles. The number of amides is 1. The summed E-state index contributed by atoms with van der Waals surface area (Å²) in [6.45, 7) is 0.595. The molecule has 2 aromatic carbocycles. The van der Waals surface area contributed by atoms with Gasteiger partial charge >= 0.3 is 6.09 Å². The van der Waals surface area contributed by atoms with Gasteiger partial charge in [-0.1, -0.05) is 30.3 Å². The molecule has 0 N–H and O–H groups in total. The van der Waals surface area contributed by atoms with Crippen LogP contribution in [0.4, 0.5) is 4.79 Å². The molecule has 21 heavy (non-hydrogen) atoms. The highest BCUT2D eigenvalue weighted by molar-refractivity contribution is 5.70. The third-order valence-corrected chi connectivity index (χ3v) is 3.15. The number of carbonyl (C=O) groups excluding carboxylic acids is 1. The second kappa shape index (κ2) is 7.33. The van der Waals surface area contributed by atoms with Crippen molar-refractivity contribution in [1.29, 1.82) is 0 Å². The summed E-state index contributed by atoms with van der Waals surface area (Å²) >= 11 is 0.